The average Bonchev–Trinajstić information content (AvgIpc) is 3.25. The van der Waals surface area contributed by atoms with Crippen molar-refractivity contribution in [3.63, 3.8) is 0 Å². The monoisotopic (exact) mass is 829 g/mol. The number of ether oxygens (including phenoxy) is 4. The number of aryl methyl sites for hydroxylation is 1. The minimum Gasteiger partial charge on any atom is -0.491 e. The number of benzene rings is 3. The number of nitrogens with zero attached hydrogens (tertiary/aromatic N) is 7. The van der Waals surface area contributed by atoms with Gasteiger partial charge >= 0.3 is 17.6 Å². The summed E-state index contributed by atoms with van der Waals surface area (Å²) in [4.78, 5) is 47.0. The minimum absolute atomic E-state index is 0.0722. The number of carbonyl (C=O) groups excluding carboxylic acids is 2. The number of non-ortho nitro benzene ring substituents is 1. The second-order valence-electron chi connectivity index (χ2n) is 13.8. The summed E-state index contributed by atoms with van der Waals surface area (Å²) in [5.74, 6) is -0.0112. The quantitative estimate of drug-likeness (QED) is 0.0232. The number of hydrogen-bond acceptors (Lipinski definition) is 15. The number of nitro benzene ring substituents is 2. The lowest BCUT2D eigenvalue weighted by molar-refractivity contribution is -0.393. The van der Waals surface area contributed by atoms with Gasteiger partial charge in [-0.25, -0.2) is 9.59 Å². The van der Waals surface area contributed by atoms with Crippen LogP contribution in [0.4, 0.5) is 39.8 Å². The number of unbranched alkanes of at least 4 members (excludes halogenated alkanes) is 1. The Morgan fingerprint density at radius 1 is 0.717 bits per heavy atom. The topological polar surface area (TPSA) is 210 Å². The highest BCUT2D eigenvalue weighted by Crippen LogP contribution is 2.43. The molecule has 0 saturated heterocycles. The van der Waals surface area contributed by atoms with Gasteiger partial charge in [0, 0.05) is 36.0 Å². The van der Waals surface area contributed by atoms with Crippen LogP contribution in [0.5, 0.6) is 11.5 Å². The maximum atomic E-state index is 11.9. The van der Waals surface area contributed by atoms with Crippen molar-refractivity contribution in [2.24, 2.45) is 32.3 Å². The minimum atomic E-state index is -0.750. The van der Waals surface area contributed by atoms with Crippen molar-refractivity contribution in [1.82, 2.24) is 0 Å². The van der Waals surface area contributed by atoms with Crippen LogP contribution < -0.4 is 14.4 Å². The highest BCUT2D eigenvalue weighted by molar-refractivity contribution is 5.81. The molecule has 0 aliphatic rings. The first kappa shape index (κ1) is 47.9. The van der Waals surface area contributed by atoms with E-state index in [0.717, 1.165) is 74.1 Å². The lowest BCUT2D eigenvalue weighted by atomic mass is 10.0. The highest BCUT2D eigenvalue weighted by atomic mass is 16.6. The van der Waals surface area contributed by atoms with Gasteiger partial charge in [-0.3, -0.25) is 20.2 Å². The van der Waals surface area contributed by atoms with Crippen LogP contribution in [0.1, 0.15) is 71.8 Å². The molecule has 17 nitrogen and oxygen atoms in total. The molecule has 0 N–H and O–H groups in total. The van der Waals surface area contributed by atoms with E-state index in [9.17, 15) is 29.8 Å². The Balaban J connectivity index is 2.10. The molecule has 0 fully saturated rings. The SMILES string of the molecule is C=CC(=O)OCCN(CCOC(=O)C=C)c1ccc(/N=N/c2cc(OCC(CC)CCCC)c(/N=N/c3ccc([N+](=O)[O-])cc3[N+](=O)[O-])cc2OCC(CC)CC)c(C)c1. The summed E-state index contributed by atoms with van der Waals surface area (Å²) in [7, 11) is 0. The van der Waals surface area contributed by atoms with Crippen molar-refractivity contribution in [2.75, 3.05) is 44.4 Å². The molecule has 1 atom stereocenters. The molecular formula is C43H55N7O10. The van der Waals surface area contributed by atoms with Crippen molar-refractivity contribution in [3.05, 3.63) is 99.6 Å². The Morgan fingerprint density at radius 3 is 1.72 bits per heavy atom. The van der Waals surface area contributed by atoms with Crippen LogP contribution in [0, 0.1) is 39.0 Å². The molecule has 0 aliphatic heterocycles. The van der Waals surface area contributed by atoms with E-state index in [4.69, 9.17) is 18.9 Å². The second kappa shape index (κ2) is 25.1. The Morgan fingerprint density at radius 2 is 1.23 bits per heavy atom. The number of azo groups is 2. The van der Waals surface area contributed by atoms with E-state index >= 15 is 0 Å². The molecule has 0 aliphatic carbocycles. The van der Waals surface area contributed by atoms with Gasteiger partial charge in [-0.05, 0) is 55.0 Å². The number of nitro groups is 2. The maximum Gasteiger partial charge on any atom is 0.330 e. The summed E-state index contributed by atoms with van der Waals surface area (Å²) in [5, 5.41) is 40.9. The third-order valence-electron chi connectivity index (χ3n) is 9.67. The van der Waals surface area contributed by atoms with Gasteiger partial charge in [-0.2, -0.15) is 5.11 Å². The van der Waals surface area contributed by atoms with Crippen LogP contribution in [-0.2, 0) is 19.1 Å². The van der Waals surface area contributed by atoms with Gasteiger partial charge in [0.2, 0.25) is 0 Å². The van der Waals surface area contributed by atoms with Gasteiger partial charge in [-0.1, -0.05) is 73.0 Å². The van der Waals surface area contributed by atoms with Crippen LogP contribution in [-0.4, -0.2) is 61.3 Å². The molecule has 0 aromatic heterocycles. The molecule has 0 spiro atoms. The fourth-order valence-electron chi connectivity index (χ4n) is 5.78. The Kier molecular flexibility index (Phi) is 20.0. The second-order valence-corrected chi connectivity index (χ2v) is 13.8. The Hall–Kier alpha value is -6.52. The van der Waals surface area contributed by atoms with Crippen molar-refractivity contribution in [2.45, 2.75) is 73.1 Å². The standard InChI is InChI=1S/C43H55N7O10/c1-8-14-15-32(11-4)29-60-41-26-37(46-44-35-18-16-33(24-30(35)7)48(20-22-57-42(51)12-5)21-23-58-43(52)13-6)40(59-28-31(9-2)10-3)27-38(41)47-45-36-19-17-34(49(53)54)25-39(36)50(55)56/h12-13,16-19,24-27,31-32H,5-6,8-11,14-15,20-23,28-29H2,1-4,7H3/b46-44+,47-45+. The van der Waals surface area contributed by atoms with Gasteiger partial charge < -0.3 is 23.8 Å². The van der Waals surface area contributed by atoms with Crippen molar-refractivity contribution in [1.29, 1.82) is 0 Å². The van der Waals surface area contributed by atoms with E-state index in [1.807, 2.05) is 24.0 Å². The molecule has 3 aromatic carbocycles. The third-order valence-corrected chi connectivity index (χ3v) is 9.67. The molecule has 0 bridgehead atoms. The molecule has 3 rings (SSSR count). The van der Waals surface area contributed by atoms with Crippen molar-refractivity contribution >= 4 is 51.8 Å². The van der Waals surface area contributed by atoms with Crippen molar-refractivity contribution in [3.8, 4) is 11.5 Å². The van der Waals surface area contributed by atoms with Crippen LogP contribution in [0.2, 0.25) is 0 Å². The van der Waals surface area contributed by atoms with Gasteiger partial charge in [0.05, 0.1) is 47.9 Å². The molecule has 0 amide bonds. The molecule has 3 aromatic rings. The normalized spacial score (nSPS) is 11.7. The molecular weight excluding hydrogens is 775 g/mol. The Labute approximate surface area is 350 Å². The number of carbonyl (C=O) groups is 2. The van der Waals surface area contributed by atoms with Gasteiger partial charge in [0.15, 0.2) is 5.69 Å². The number of hydrogen-bond donors (Lipinski definition) is 0. The maximum absolute atomic E-state index is 11.9. The van der Waals surface area contributed by atoms with E-state index < -0.39 is 33.2 Å². The van der Waals surface area contributed by atoms with Crippen molar-refractivity contribution < 1.29 is 38.4 Å². The fraction of sp³-hybridized carbons (Fsp3) is 0.442. The summed E-state index contributed by atoms with van der Waals surface area (Å²) in [6.45, 7) is 18.6. The molecule has 0 heterocycles. The summed E-state index contributed by atoms with van der Waals surface area (Å²) in [6, 6.07) is 11.9. The van der Waals surface area contributed by atoms with E-state index in [1.54, 1.807) is 18.2 Å². The highest BCUT2D eigenvalue weighted by Gasteiger charge is 2.21. The van der Waals surface area contributed by atoms with Gasteiger partial charge in [0.25, 0.3) is 5.69 Å². The summed E-state index contributed by atoms with van der Waals surface area (Å²) >= 11 is 0. The smallest absolute Gasteiger partial charge is 0.330 e. The number of anilines is 1. The zero-order chi connectivity index (χ0) is 44.0. The van der Waals surface area contributed by atoms with E-state index in [2.05, 4.69) is 61.3 Å². The molecule has 0 radical (unpaired) electrons. The first-order chi connectivity index (χ1) is 28.9. The predicted molar refractivity (Wildman–Crippen MR) is 229 cm³/mol. The Bertz CT molecular complexity index is 1990. The summed E-state index contributed by atoms with van der Waals surface area (Å²) in [5.41, 5.74) is 1.42. The van der Waals surface area contributed by atoms with E-state index in [-0.39, 0.29) is 36.4 Å². The zero-order valence-corrected chi connectivity index (χ0v) is 35.0. The third kappa shape index (κ3) is 15.0. The molecule has 60 heavy (non-hydrogen) atoms. The number of esters is 2. The molecule has 0 saturated carbocycles. The lowest BCUT2D eigenvalue weighted by Gasteiger charge is -2.25. The summed E-state index contributed by atoms with van der Waals surface area (Å²) < 4.78 is 23.1. The molecule has 322 valence electrons. The zero-order valence-electron chi connectivity index (χ0n) is 35.0. The van der Waals surface area contributed by atoms with Gasteiger partial charge in [0.1, 0.15) is 36.1 Å². The van der Waals surface area contributed by atoms with Crippen LogP contribution in [0.25, 0.3) is 0 Å². The molecule has 1 unspecified atom stereocenters. The van der Waals surface area contributed by atoms with Crippen LogP contribution in [0.3, 0.4) is 0 Å². The van der Waals surface area contributed by atoms with E-state index in [1.165, 1.54) is 6.07 Å². The van der Waals surface area contributed by atoms with Gasteiger partial charge in [-0.15, -0.1) is 15.3 Å². The number of rotatable bonds is 27. The first-order valence-corrected chi connectivity index (χ1v) is 20.0. The predicted octanol–water partition coefficient (Wildman–Crippen LogP) is 11.3. The summed E-state index contributed by atoms with van der Waals surface area (Å²) in [6.07, 6.45) is 7.81. The van der Waals surface area contributed by atoms with Crippen LogP contribution in [0.15, 0.2) is 94.3 Å². The van der Waals surface area contributed by atoms with Crippen LogP contribution >= 0.6 is 0 Å². The average molecular weight is 830 g/mol. The lowest BCUT2D eigenvalue weighted by Crippen LogP contribution is -2.32. The fourth-order valence-corrected chi connectivity index (χ4v) is 5.78. The largest absolute Gasteiger partial charge is 0.491 e. The van der Waals surface area contributed by atoms with E-state index in [0.29, 0.717) is 49.2 Å². The first-order valence-electron chi connectivity index (χ1n) is 20.0. The molecule has 17 heteroatoms.